The smallest absolute Gasteiger partial charge is 0.326 e. The Morgan fingerprint density at radius 3 is 2.67 bits per heavy atom. The van der Waals surface area contributed by atoms with Gasteiger partial charge in [0.2, 0.25) is 0 Å². The Bertz CT molecular complexity index is 478. The van der Waals surface area contributed by atoms with E-state index in [4.69, 9.17) is 0 Å². The molecule has 0 saturated carbocycles. The van der Waals surface area contributed by atoms with E-state index in [0.29, 0.717) is 30.6 Å². The summed E-state index contributed by atoms with van der Waals surface area (Å²) in [6, 6.07) is -1.26. The molecule has 2 unspecified atom stereocenters. The molecule has 1 aliphatic heterocycles. The molecule has 0 spiro atoms. The number of carbonyl (C=O) groups excluding carboxylic acids is 1. The van der Waals surface area contributed by atoms with Crippen LogP contribution >= 0.6 is 0 Å². The number of nitrogens with one attached hydrogen (secondary N) is 2. The lowest BCUT2D eigenvalue weighted by Crippen LogP contribution is -2.52. The molecule has 0 aromatic carbocycles. The molecule has 1 aromatic rings. The Morgan fingerprint density at radius 2 is 2.14 bits per heavy atom. The second kappa shape index (κ2) is 6.60. The Balaban J connectivity index is 1.96. The van der Waals surface area contributed by atoms with E-state index in [1.165, 1.54) is 6.33 Å². The number of aromatic nitrogens is 2. The van der Waals surface area contributed by atoms with E-state index in [9.17, 15) is 14.7 Å². The predicted molar refractivity (Wildman–Crippen MR) is 76.8 cm³/mol. The second-order valence-electron chi connectivity index (χ2n) is 5.97. The molecule has 7 heteroatoms. The number of imidazole rings is 1. The minimum atomic E-state index is -1.05. The Morgan fingerprint density at radius 1 is 1.48 bits per heavy atom. The zero-order valence-electron chi connectivity index (χ0n) is 12.4. The number of carbonyl (C=O) groups is 2. The number of aliphatic carboxylic acids is 1. The first-order valence-electron chi connectivity index (χ1n) is 7.21. The van der Waals surface area contributed by atoms with Crippen LogP contribution in [0.5, 0.6) is 0 Å². The SMILES string of the molecule is CC1CC(C)CN(C(=O)N[C@H](Cc2cnc[nH]2)C(=O)O)C1. The summed E-state index contributed by atoms with van der Waals surface area (Å²) in [5.74, 6) is -0.165. The van der Waals surface area contributed by atoms with Crippen LogP contribution in [0.1, 0.15) is 26.0 Å². The summed E-state index contributed by atoms with van der Waals surface area (Å²) in [7, 11) is 0. The number of hydrogen-bond donors (Lipinski definition) is 3. The Labute approximate surface area is 123 Å². The molecule has 1 fully saturated rings. The summed E-state index contributed by atoms with van der Waals surface area (Å²) in [6.07, 6.45) is 4.34. The van der Waals surface area contributed by atoms with Crippen LogP contribution in [0.4, 0.5) is 4.79 Å². The molecule has 0 aliphatic carbocycles. The van der Waals surface area contributed by atoms with Gasteiger partial charge in [-0.25, -0.2) is 14.6 Å². The molecule has 7 nitrogen and oxygen atoms in total. The van der Waals surface area contributed by atoms with Gasteiger partial charge >= 0.3 is 12.0 Å². The first-order valence-corrected chi connectivity index (χ1v) is 7.21. The summed E-state index contributed by atoms with van der Waals surface area (Å²) in [5, 5.41) is 11.9. The molecule has 0 radical (unpaired) electrons. The van der Waals surface area contributed by atoms with Crippen molar-refractivity contribution in [1.82, 2.24) is 20.2 Å². The van der Waals surface area contributed by atoms with Gasteiger partial charge in [0.15, 0.2) is 0 Å². The number of urea groups is 1. The van der Waals surface area contributed by atoms with Gasteiger partial charge in [0.1, 0.15) is 6.04 Å². The van der Waals surface area contributed by atoms with Crippen molar-refractivity contribution in [2.45, 2.75) is 32.7 Å². The van der Waals surface area contributed by atoms with Crippen molar-refractivity contribution in [2.24, 2.45) is 11.8 Å². The average molecular weight is 294 g/mol. The van der Waals surface area contributed by atoms with Crippen molar-refractivity contribution in [3.8, 4) is 0 Å². The number of hydrogen-bond acceptors (Lipinski definition) is 3. The first-order chi connectivity index (χ1) is 9.95. The van der Waals surface area contributed by atoms with Crippen LogP contribution in [-0.4, -0.2) is 51.1 Å². The normalized spacial score (nSPS) is 23.6. The number of amides is 2. The van der Waals surface area contributed by atoms with Crippen molar-refractivity contribution < 1.29 is 14.7 Å². The molecule has 2 heterocycles. The summed E-state index contributed by atoms with van der Waals surface area (Å²) >= 11 is 0. The van der Waals surface area contributed by atoms with Crippen LogP contribution in [0, 0.1) is 11.8 Å². The number of aromatic amines is 1. The van der Waals surface area contributed by atoms with Gasteiger partial charge in [-0.05, 0) is 18.3 Å². The van der Waals surface area contributed by atoms with Crippen molar-refractivity contribution in [1.29, 1.82) is 0 Å². The number of nitrogens with zero attached hydrogens (tertiary/aromatic N) is 2. The minimum absolute atomic E-state index is 0.194. The van der Waals surface area contributed by atoms with E-state index >= 15 is 0 Å². The van der Waals surface area contributed by atoms with Crippen molar-refractivity contribution in [3.05, 3.63) is 18.2 Å². The van der Waals surface area contributed by atoms with Crippen molar-refractivity contribution in [2.75, 3.05) is 13.1 Å². The fraction of sp³-hybridized carbons (Fsp3) is 0.643. The van der Waals surface area contributed by atoms with Crippen LogP contribution in [0.25, 0.3) is 0 Å². The maximum Gasteiger partial charge on any atom is 0.326 e. The molecule has 116 valence electrons. The van der Waals surface area contributed by atoms with Gasteiger partial charge in [0.05, 0.1) is 6.33 Å². The largest absolute Gasteiger partial charge is 0.480 e. The summed E-state index contributed by atoms with van der Waals surface area (Å²) in [4.78, 5) is 32.0. The van der Waals surface area contributed by atoms with Crippen LogP contribution in [0.2, 0.25) is 0 Å². The summed E-state index contributed by atoms with van der Waals surface area (Å²) < 4.78 is 0. The minimum Gasteiger partial charge on any atom is -0.480 e. The third-order valence-electron chi connectivity index (χ3n) is 3.73. The fourth-order valence-electron chi connectivity index (χ4n) is 2.89. The van der Waals surface area contributed by atoms with Gasteiger partial charge in [-0.1, -0.05) is 13.8 Å². The van der Waals surface area contributed by atoms with Gasteiger partial charge in [-0.2, -0.15) is 0 Å². The summed E-state index contributed by atoms with van der Waals surface area (Å²) in [6.45, 7) is 5.56. The van der Waals surface area contributed by atoms with E-state index in [-0.39, 0.29) is 12.5 Å². The van der Waals surface area contributed by atoms with Crippen LogP contribution in [0.3, 0.4) is 0 Å². The highest BCUT2D eigenvalue weighted by atomic mass is 16.4. The second-order valence-corrected chi connectivity index (χ2v) is 5.97. The van der Waals surface area contributed by atoms with E-state index in [2.05, 4.69) is 29.1 Å². The molecule has 1 saturated heterocycles. The standard InChI is InChI=1S/C14H22N4O3/c1-9-3-10(2)7-18(6-9)14(21)17-12(13(19)20)4-11-5-15-8-16-11/h5,8-10,12H,3-4,6-7H2,1-2H3,(H,15,16)(H,17,21)(H,19,20)/t9?,10?,12-/m1/s1. The molecule has 21 heavy (non-hydrogen) atoms. The van der Waals surface area contributed by atoms with E-state index in [1.54, 1.807) is 11.1 Å². The first kappa shape index (κ1) is 15.3. The van der Waals surface area contributed by atoms with Crippen LogP contribution in [-0.2, 0) is 11.2 Å². The van der Waals surface area contributed by atoms with Crippen molar-refractivity contribution in [3.63, 3.8) is 0 Å². The number of likely N-dealkylation sites (tertiary alicyclic amines) is 1. The lowest BCUT2D eigenvalue weighted by atomic mass is 9.92. The van der Waals surface area contributed by atoms with Crippen LogP contribution in [0.15, 0.2) is 12.5 Å². The number of rotatable bonds is 4. The molecular weight excluding hydrogens is 272 g/mol. The quantitative estimate of drug-likeness (QED) is 0.774. The highest BCUT2D eigenvalue weighted by molar-refractivity contribution is 5.82. The van der Waals surface area contributed by atoms with Gasteiger partial charge in [0, 0.05) is 31.4 Å². The van der Waals surface area contributed by atoms with E-state index in [0.717, 1.165) is 6.42 Å². The zero-order valence-corrected chi connectivity index (χ0v) is 12.4. The number of piperidine rings is 1. The zero-order chi connectivity index (χ0) is 15.4. The molecule has 2 amide bonds. The van der Waals surface area contributed by atoms with Gasteiger partial charge < -0.3 is 20.3 Å². The highest BCUT2D eigenvalue weighted by Crippen LogP contribution is 2.20. The predicted octanol–water partition coefficient (Wildman–Crippen LogP) is 1.09. The fourth-order valence-corrected chi connectivity index (χ4v) is 2.89. The third-order valence-corrected chi connectivity index (χ3v) is 3.73. The number of carboxylic acids is 1. The molecule has 2 rings (SSSR count). The van der Waals surface area contributed by atoms with Crippen LogP contribution < -0.4 is 5.32 Å². The molecular formula is C14H22N4O3. The Kier molecular flexibility index (Phi) is 4.82. The highest BCUT2D eigenvalue weighted by Gasteiger charge is 2.28. The number of H-pyrrole nitrogens is 1. The molecule has 1 aliphatic rings. The lowest BCUT2D eigenvalue weighted by Gasteiger charge is -2.35. The van der Waals surface area contributed by atoms with Gasteiger partial charge in [-0.3, -0.25) is 0 Å². The van der Waals surface area contributed by atoms with Gasteiger partial charge in [0.25, 0.3) is 0 Å². The summed E-state index contributed by atoms with van der Waals surface area (Å²) in [5.41, 5.74) is 0.683. The monoisotopic (exact) mass is 294 g/mol. The lowest BCUT2D eigenvalue weighted by molar-refractivity contribution is -0.139. The van der Waals surface area contributed by atoms with Gasteiger partial charge in [-0.15, -0.1) is 0 Å². The Hall–Kier alpha value is -2.05. The van der Waals surface area contributed by atoms with E-state index in [1.807, 2.05) is 0 Å². The molecule has 3 N–H and O–H groups in total. The average Bonchev–Trinajstić information content (AvgIpc) is 2.89. The molecule has 0 bridgehead atoms. The van der Waals surface area contributed by atoms with E-state index < -0.39 is 12.0 Å². The maximum atomic E-state index is 12.3. The number of carboxylic acid groups (broad SMARTS) is 1. The van der Waals surface area contributed by atoms with Crippen molar-refractivity contribution >= 4 is 12.0 Å². The third kappa shape index (κ3) is 4.21. The maximum absolute atomic E-state index is 12.3. The topological polar surface area (TPSA) is 98.3 Å². The molecule has 3 atom stereocenters. The molecule has 1 aromatic heterocycles.